The van der Waals surface area contributed by atoms with E-state index in [2.05, 4.69) is 5.32 Å². The highest BCUT2D eigenvalue weighted by molar-refractivity contribution is 5.94. The quantitative estimate of drug-likeness (QED) is 0.758. The zero-order valence-electron chi connectivity index (χ0n) is 15.2. The number of piperidine rings is 1. The van der Waals surface area contributed by atoms with Crippen LogP contribution in [0.2, 0.25) is 0 Å². The Morgan fingerprint density at radius 3 is 2.69 bits per heavy atom. The molecular weight excluding hydrogens is 336 g/mol. The van der Waals surface area contributed by atoms with Crippen LogP contribution in [0.4, 0.5) is 10.5 Å². The Bertz CT molecular complexity index is 661. The van der Waals surface area contributed by atoms with E-state index in [4.69, 9.17) is 9.84 Å². The molecule has 2 rings (SSSR count). The highest BCUT2D eigenvalue weighted by atomic mass is 16.5. The standard InChI is InChI=1S/C19H26N2O5/c1-3-13-12-21(9-8-14(13)11-17(22)23)19(25)20-16-7-5-6-15(10-16)18(24)26-4-2/h5-7,10,13-14H,3-4,8-9,11-12H2,1-2H3,(H,20,25)(H,22,23)/t13-,14+/m1/s1. The molecule has 1 aliphatic heterocycles. The van der Waals surface area contributed by atoms with Crippen LogP contribution in [0.25, 0.3) is 0 Å². The van der Waals surface area contributed by atoms with Crippen molar-refractivity contribution in [2.75, 3.05) is 25.0 Å². The number of esters is 1. The van der Waals surface area contributed by atoms with Gasteiger partial charge in [0.15, 0.2) is 0 Å². The summed E-state index contributed by atoms with van der Waals surface area (Å²) in [5.41, 5.74) is 0.914. The van der Waals surface area contributed by atoms with Gasteiger partial charge in [-0.15, -0.1) is 0 Å². The summed E-state index contributed by atoms with van der Waals surface area (Å²) in [5, 5.41) is 11.8. The van der Waals surface area contributed by atoms with E-state index in [9.17, 15) is 14.4 Å². The molecule has 7 heteroatoms. The minimum atomic E-state index is -0.790. The lowest BCUT2D eigenvalue weighted by molar-refractivity contribution is -0.139. The maximum absolute atomic E-state index is 12.5. The lowest BCUT2D eigenvalue weighted by Gasteiger charge is -2.37. The van der Waals surface area contributed by atoms with Crippen LogP contribution in [0.3, 0.4) is 0 Å². The summed E-state index contributed by atoms with van der Waals surface area (Å²) >= 11 is 0. The number of hydrogen-bond acceptors (Lipinski definition) is 4. The molecule has 1 fully saturated rings. The average molecular weight is 362 g/mol. The summed E-state index contributed by atoms with van der Waals surface area (Å²) in [6.45, 7) is 5.11. The highest BCUT2D eigenvalue weighted by Crippen LogP contribution is 2.29. The number of carbonyl (C=O) groups excluding carboxylic acids is 2. The van der Waals surface area contributed by atoms with Crippen LogP contribution in [0.5, 0.6) is 0 Å². The first-order chi connectivity index (χ1) is 12.4. The zero-order chi connectivity index (χ0) is 19.1. The molecule has 0 spiro atoms. The molecule has 0 unspecified atom stereocenters. The first-order valence-corrected chi connectivity index (χ1v) is 8.99. The Morgan fingerprint density at radius 2 is 2.04 bits per heavy atom. The molecule has 0 saturated carbocycles. The van der Waals surface area contributed by atoms with Crippen molar-refractivity contribution in [3.63, 3.8) is 0 Å². The van der Waals surface area contributed by atoms with Crippen LogP contribution in [-0.4, -0.2) is 47.7 Å². The van der Waals surface area contributed by atoms with E-state index in [-0.39, 0.29) is 24.3 Å². The fourth-order valence-corrected chi connectivity index (χ4v) is 3.36. The number of anilines is 1. The van der Waals surface area contributed by atoms with E-state index in [0.717, 1.165) is 6.42 Å². The Labute approximate surface area is 153 Å². The summed E-state index contributed by atoms with van der Waals surface area (Å²) < 4.78 is 4.97. The molecule has 7 nitrogen and oxygen atoms in total. The molecule has 1 aromatic carbocycles. The van der Waals surface area contributed by atoms with Crippen LogP contribution in [0.1, 0.15) is 43.5 Å². The van der Waals surface area contributed by atoms with Crippen LogP contribution in [-0.2, 0) is 9.53 Å². The molecule has 2 atom stereocenters. The molecule has 0 radical (unpaired) electrons. The van der Waals surface area contributed by atoms with Crippen molar-refractivity contribution in [1.82, 2.24) is 4.90 Å². The van der Waals surface area contributed by atoms with Crippen molar-refractivity contribution in [3.8, 4) is 0 Å². The molecule has 142 valence electrons. The molecule has 0 aromatic heterocycles. The number of rotatable bonds is 6. The van der Waals surface area contributed by atoms with Crippen LogP contribution < -0.4 is 5.32 Å². The predicted molar refractivity (Wildman–Crippen MR) is 97.1 cm³/mol. The number of benzene rings is 1. The first-order valence-electron chi connectivity index (χ1n) is 8.99. The molecule has 0 bridgehead atoms. The minimum absolute atomic E-state index is 0.105. The monoisotopic (exact) mass is 362 g/mol. The summed E-state index contributed by atoms with van der Waals surface area (Å²) in [5.74, 6) is -0.934. The lowest BCUT2D eigenvalue weighted by atomic mass is 9.82. The maximum atomic E-state index is 12.5. The fraction of sp³-hybridized carbons (Fsp3) is 0.526. The molecule has 1 aliphatic rings. The Balaban J connectivity index is 1.99. The molecule has 1 heterocycles. The number of amides is 2. The van der Waals surface area contributed by atoms with Crippen LogP contribution in [0, 0.1) is 11.8 Å². The third-order valence-electron chi connectivity index (χ3n) is 4.76. The highest BCUT2D eigenvalue weighted by Gasteiger charge is 2.31. The largest absolute Gasteiger partial charge is 0.481 e. The van der Waals surface area contributed by atoms with Crippen molar-refractivity contribution in [2.45, 2.75) is 33.1 Å². The summed E-state index contributed by atoms with van der Waals surface area (Å²) in [4.78, 5) is 37.0. The maximum Gasteiger partial charge on any atom is 0.338 e. The second-order valence-corrected chi connectivity index (χ2v) is 6.49. The Morgan fingerprint density at radius 1 is 1.27 bits per heavy atom. The number of nitrogens with zero attached hydrogens (tertiary/aromatic N) is 1. The smallest absolute Gasteiger partial charge is 0.338 e. The number of carboxylic acids is 1. The lowest BCUT2D eigenvalue weighted by Crippen LogP contribution is -2.45. The second kappa shape index (κ2) is 9.22. The van der Waals surface area contributed by atoms with E-state index in [1.807, 2.05) is 6.92 Å². The van der Waals surface area contributed by atoms with Gasteiger partial charge in [-0.2, -0.15) is 0 Å². The SMILES string of the molecule is CCOC(=O)c1cccc(NC(=O)N2CC[C@@H](CC(=O)O)[C@H](CC)C2)c1. The van der Waals surface area contributed by atoms with Gasteiger partial charge in [0.1, 0.15) is 0 Å². The summed E-state index contributed by atoms with van der Waals surface area (Å²) in [7, 11) is 0. The Kier molecular flexibility index (Phi) is 7.00. The van der Waals surface area contributed by atoms with Gasteiger partial charge >= 0.3 is 18.0 Å². The number of aliphatic carboxylic acids is 1. The van der Waals surface area contributed by atoms with Gasteiger partial charge in [-0.05, 0) is 43.4 Å². The van der Waals surface area contributed by atoms with Gasteiger partial charge in [-0.1, -0.05) is 19.4 Å². The van der Waals surface area contributed by atoms with Gasteiger partial charge in [0.2, 0.25) is 0 Å². The second-order valence-electron chi connectivity index (χ2n) is 6.49. The van der Waals surface area contributed by atoms with E-state index in [0.29, 0.717) is 37.4 Å². The molecule has 2 amide bonds. The van der Waals surface area contributed by atoms with Crippen molar-refractivity contribution in [1.29, 1.82) is 0 Å². The average Bonchev–Trinajstić information content (AvgIpc) is 2.62. The third-order valence-corrected chi connectivity index (χ3v) is 4.76. The van der Waals surface area contributed by atoms with Gasteiger partial charge in [-0.3, -0.25) is 4.79 Å². The molecule has 1 saturated heterocycles. The zero-order valence-corrected chi connectivity index (χ0v) is 15.2. The number of hydrogen-bond donors (Lipinski definition) is 2. The van der Waals surface area contributed by atoms with Gasteiger partial charge in [0, 0.05) is 25.2 Å². The van der Waals surface area contributed by atoms with Crippen molar-refractivity contribution >= 4 is 23.7 Å². The van der Waals surface area contributed by atoms with Crippen molar-refractivity contribution in [3.05, 3.63) is 29.8 Å². The van der Waals surface area contributed by atoms with Crippen LogP contribution in [0.15, 0.2) is 24.3 Å². The van der Waals surface area contributed by atoms with E-state index in [1.54, 1.807) is 36.1 Å². The first kappa shape index (κ1) is 19.8. The van der Waals surface area contributed by atoms with Crippen LogP contribution >= 0.6 is 0 Å². The normalized spacial score (nSPS) is 19.7. The van der Waals surface area contributed by atoms with Gasteiger partial charge in [0.25, 0.3) is 0 Å². The van der Waals surface area contributed by atoms with E-state index >= 15 is 0 Å². The van der Waals surface area contributed by atoms with E-state index in [1.165, 1.54) is 0 Å². The predicted octanol–water partition coefficient (Wildman–Crippen LogP) is 3.22. The molecular formula is C19H26N2O5. The molecule has 1 aromatic rings. The number of ether oxygens (including phenoxy) is 1. The van der Waals surface area contributed by atoms with Crippen molar-refractivity contribution < 1.29 is 24.2 Å². The fourth-order valence-electron chi connectivity index (χ4n) is 3.36. The van der Waals surface area contributed by atoms with Gasteiger partial charge in [-0.25, -0.2) is 9.59 Å². The Hall–Kier alpha value is -2.57. The summed E-state index contributed by atoms with van der Waals surface area (Å²) in [6, 6.07) is 6.39. The molecule has 0 aliphatic carbocycles. The minimum Gasteiger partial charge on any atom is -0.481 e. The van der Waals surface area contributed by atoms with E-state index < -0.39 is 11.9 Å². The molecule has 26 heavy (non-hydrogen) atoms. The van der Waals surface area contributed by atoms with Gasteiger partial charge < -0.3 is 20.1 Å². The third kappa shape index (κ3) is 5.21. The number of carboxylic acid groups (broad SMARTS) is 1. The topological polar surface area (TPSA) is 95.9 Å². The summed E-state index contributed by atoms with van der Waals surface area (Å²) in [6.07, 6.45) is 1.66. The number of nitrogens with one attached hydrogen (secondary N) is 1. The number of urea groups is 1. The van der Waals surface area contributed by atoms with Crippen molar-refractivity contribution in [2.24, 2.45) is 11.8 Å². The number of likely N-dealkylation sites (tertiary alicyclic amines) is 1. The van der Waals surface area contributed by atoms with Gasteiger partial charge in [0.05, 0.1) is 12.2 Å². The number of carbonyl (C=O) groups is 3. The molecule has 2 N–H and O–H groups in total.